The van der Waals surface area contributed by atoms with Crippen molar-refractivity contribution in [2.45, 2.75) is 18.9 Å². The third-order valence-electron chi connectivity index (χ3n) is 2.15. The van der Waals surface area contributed by atoms with Crippen LogP contribution in [-0.4, -0.2) is 17.2 Å². The number of nitrogen functional groups attached to an aromatic ring is 1. The zero-order valence-electron chi connectivity index (χ0n) is 7.87. The predicted molar refractivity (Wildman–Crippen MR) is 59.2 cm³/mol. The SMILES string of the molecule is Nc1cc(Br)c(OC2CC2)cc1C(=O)O. The number of benzene rings is 1. The van der Waals surface area contributed by atoms with E-state index in [2.05, 4.69) is 15.9 Å². The molecule has 4 nitrogen and oxygen atoms in total. The maximum atomic E-state index is 10.8. The standard InChI is InChI=1S/C10H10BrNO3/c11-7-4-8(12)6(10(13)14)3-9(7)15-5-1-2-5/h3-5H,1-2,12H2,(H,13,14). The minimum atomic E-state index is -1.04. The highest BCUT2D eigenvalue weighted by Crippen LogP contribution is 2.34. The molecule has 1 aromatic rings. The minimum absolute atomic E-state index is 0.0776. The molecule has 0 aliphatic heterocycles. The summed E-state index contributed by atoms with van der Waals surface area (Å²) < 4.78 is 6.23. The van der Waals surface area contributed by atoms with Crippen molar-refractivity contribution in [3.63, 3.8) is 0 Å². The Morgan fingerprint density at radius 2 is 2.20 bits per heavy atom. The zero-order valence-corrected chi connectivity index (χ0v) is 9.45. The number of hydrogen-bond acceptors (Lipinski definition) is 3. The van der Waals surface area contributed by atoms with E-state index < -0.39 is 5.97 Å². The summed E-state index contributed by atoms with van der Waals surface area (Å²) in [7, 11) is 0. The first-order valence-corrected chi connectivity index (χ1v) is 5.36. The van der Waals surface area contributed by atoms with Gasteiger partial charge in [0.1, 0.15) is 5.75 Å². The van der Waals surface area contributed by atoms with E-state index in [1.165, 1.54) is 6.07 Å². The number of hydrogen-bond donors (Lipinski definition) is 2. The molecule has 0 amide bonds. The summed E-state index contributed by atoms with van der Waals surface area (Å²) in [6.45, 7) is 0. The summed E-state index contributed by atoms with van der Waals surface area (Å²) >= 11 is 3.29. The number of rotatable bonds is 3. The third kappa shape index (κ3) is 2.23. The molecular formula is C10H10BrNO3. The summed E-state index contributed by atoms with van der Waals surface area (Å²) in [5.41, 5.74) is 5.88. The normalized spacial score (nSPS) is 15.0. The predicted octanol–water partition coefficient (Wildman–Crippen LogP) is 2.27. The van der Waals surface area contributed by atoms with Crippen LogP contribution in [0.5, 0.6) is 5.75 Å². The zero-order chi connectivity index (χ0) is 11.0. The third-order valence-corrected chi connectivity index (χ3v) is 2.77. The van der Waals surface area contributed by atoms with E-state index in [0.29, 0.717) is 10.2 Å². The van der Waals surface area contributed by atoms with Crippen molar-refractivity contribution in [1.82, 2.24) is 0 Å². The van der Waals surface area contributed by atoms with Gasteiger partial charge in [-0.2, -0.15) is 0 Å². The Morgan fingerprint density at radius 1 is 1.53 bits per heavy atom. The molecule has 0 spiro atoms. The molecule has 0 aromatic heterocycles. The van der Waals surface area contributed by atoms with Crippen LogP contribution >= 0.6 is 15.9 Å². The van der Waals surface area contributed by atoms with E-state index in [9.17, 15) is 4.79 Å². The smallest absolute Gasteiger partial charge is 0.337 e. The van der Waals surface area contributed by atoms with Crippen molar-refractivity contribution in [3.8, 4) is 5.75 Å². The minimum Gasteiger partial charge on any atom is -0.489 e. The lowest BCUT2D eigenvalue weighted by Crippen LogP contribution is -2.05. The molecule has 0 saturated heterocycles. The number of anilines is 1. The van der Waals surface area contributed by atoms with Crippen LogP contribution in [0.2, 0.25) is 0 Å². The highest BCUT2D eigenvalue weighted by Gasteiger charge is 2.25. The van der Waals surface area contributed by atoms with E-state index in [4.69, 9.17) is 15.6 Å². The van der Waals surface area contributed by atoms with Crippen LogP contribution in [0, 0.1) is 0 Å². The quantitative estimate of drug-likeness (QED) is 0.828. The van der Waals surface area contributed by atoms with E-state index in [0.717, 1.165) is 12.8 Å². The van der Waals surface area contributed by atoms with Crippen molar-refractivity contribution in [3.05, 3.63) is 22.2 Å². The molecule has 1 fully saturated rings. The molecular weight excluding hydrogens is 262 g/mol. The number of nitrogens with two attached hydrogens (primary N) is 1. The second-order valence-electron chi connectivity index (χ2n) is 3.49. The van der Waals surface area contributed by atoms with Crippen LogP contribution in [0.15, 0.2) is 16.6 Å². The van der Waals surface area contributed by atoms with Crippen LogP contribution < -0.4 is 10.5 Å². The lowest BCUT2D eigenvalue weighted by Gasteiger charge is -2.09. The molecule has 0 heterocycles. The monoisotopic (exact) mass is 271 g/mol. The van der Waals surface area contributed by atoms with Gasteiger partial charge in [-0.3, -0.25) is 0 Å². The Bertz CT molecular complexity index is 415. The topological polar surface area (TPSA) is 72.5 Å². The summed E-state index contributed by atoms with van der Waals surface area (Å²) in [5, 5.41) is 8.88. The number of carboxylic acid groups (broad SMARTS) is 1. The molecule has 3 N–H and O–H groups in total. The number of halogens is 1. The maximum Gasteiger partial charge on any atom is 0.337 e. The van der Waals surface area contributed by atoms with Gasteiger partial charge in [0.2, 0.25) is 0 Å². The van der Waals surface area contributed by atoms with Gasteiger partial charge in [-0.15, -0.1) is 0 Å². The van der Waals surface area contributed by atoms with Crippen LogP contribution in [0.3, 0.4) is 0 Å². The summed E-state index contributed by atoms with van der Waals surface area (Å²) in [5.74, 6) is -0.496. The first-order valence-electron chi connectivity index (χ1n) is 4.57. The van der Waals surface area contributed by atoms with Crippen molar-refractivity contribution in [2.75, 3.05) is 5.73 Å². The summed E-state index contributed by atoms with van der Waals surface area (Å²) in [6.07, 6.45) is 2.28. The molecule has 80 valence electrons. The fourth-order valence-corrected chi connectivity index (χ4v) is 1.66. The van der Waals surface area contributed by atoms with E-state index in [1.807, 2.05) is 0 Å². The number of aromatic carboxylic acids is 1. The first kappa shape index (κ1) is 10.3. The van der Waals surface area contributed by atoms with Crippen molar-refractivity contribution in [1.29, 1.82) is 0 Å². The second-order valence-corrected chi connectivity index (χ2v) is 4.35. The van der Waals surface area contributed by atoms with Gasteiger partial charge in [-0.25, -0.2) is 4.79 Å². The average Bonchev–Trinajstić information content (AvgIpc) is 2.92. The van der Waals surface area contributed by atoms with Crippen LogP contribution in [0.25, 0.3) is 0 Å². The Balaban J connectivity index is 2.35. The fraction of sp³-hybridized carbons (Fsp3) is 0.300. The lowest BCUT2D eigenvalue weighted by molar-refractivity contribution is 0.0697. The second kappa shape index (κ2) is 3.73. The van der Waals surface area contributed by atoms with Gasteiger partial charge in [0.15, 0.2) is 0 Å². The molecule has 1 aliphatic carbocycles. The Hall–Kier alpha value is -1.23. The largest absolute Gasteiger partial charge is 0.489 e. The molecule has 0 atom stereocenters. The highest BCUT2D eigenvalue weighted by molar-refractivity contribution is 9.10. The molecule has 1 aliphatic rings. The Kier molecular flexibility index (Phi) is 2.56. The molecule has 0 unspecified atom stereocenters. The molecule has 0 radical (unpaired) electrons. The van der Waals surface area contributed by atoms with Gasteiger partial charge >= 0.3 is 5.97 Å². The molecule has 15 heavy (non-hydrogen) atoms. The van der Waals surface area contributed by atoms with Crippen LogP contribution in [0.1, 0.15) is 23.2 Å². The van der Waals surface area contributed by atoms with E-state index in [-0.39, 0.29) is 17.4 Å². The van der Waals surface area contributed by atoms with Gasteiger partial charge in [0.05, 0.1) is 16.1 Å². The summed E-state index contributed by atoms with van der Waals surface area (Å²) in [6, 6.07) is 3.02. The van der Waals surface area contributed by atoms with Gasteiger partial charge in [0.25, 0.3) is 0 Å². The number of carbonyl (C=O) groups is 1. The van der Waals surface area contributed by atoms with Crippen molar-refractivity contribution >= 4 is 27.6 Å². The number of ether oxygens (including phenoxy) is 1. The number of carboxylic acids is 1. The molecule has 0 bridgehead atoms. The lowest BCUT2D eigenvalue weighted by atomic mass is 10.2. The first-order chi connectivity index (χ1) is 7.08. The van der Waals surface area contributed by atoms with E-state index in [1.54, 1.807) is 6.07 Å². The summed E-state index contributed by atoms with van der Waals surface area (Å²) in [4.78, 5) is 10.8. The van der Waals surface area contributed by atoms with Gasteiger partial charge in [-0.05, 0) is 40.9 Å². The average molecular weight is 272 g/mol. The highest BCUT2D eigenvalue weighted by atomic mass is 79.9. The Morgan fingerprint density at radius 3 is 2.73 bits per heavy atom. The van der Waals surface area contributed by atoms with E-state index >= 15 is 0 Å². The molecule has 2 rings (SSSR count). The van der Waals surface area contributed by atoms with Crippen LogP contribution in [-0.2, 0) is 0 Å². The maximum absolute atomic E-state index is 10.8. The van der Waals surface area contributed by atoms with Gasteiger partial charge < -0.3 is 15.6 Å². The molecule has 1 aromatic carbocycles. The van der Waals surface area contributed by atoms with Gasteiger partial charge in [-0.1, -0.05) is 0 Å². The fourth-order valence-electron chi connectivity index (χ4n) is 1.21. The van der Waals surface area contributed by atoms with Gasteiger partial charge in [0, 0.05) is 5.69 Å². The van der Waals surface area contributed by atoms with Crippen molar-refractivity contribution in [2.24, 2.45) is 0 Å². The Labute approximate surface area is 95.2 Å². The van der Waals surface area contributed by atoms with Crippen molar-refractivity contribution < 1.29 is 14.6 Å². The van der Waals surface area contributed by atoms with Crippen LogP contribution in [0.4, 0.5) is 5.69 Å². The molecule has 5 heteroatoms. The molecule has 1 saturated carbocycles.